The number of carbonyl (C=O) groups is 2. The van der Waals surface area contributed by atoms with E-state index in [-0.39, 0.29) is 32.0 Å². The summed E-state index contributed by atoms with van der Waals surface area (Å²) in [5.41, 5.74) is 6.91. The molecule has 0 spiro atoms. The first-order valence-electron chi connectivity index (χ1n) is 14.6. The largest absolute Gasteiger partial charge is 0.494 e. The van der Waals surface area contributed by atoms with Crippen molar-refractivity contribution in [2.45, 2.75) is 57.1 Å². The van der Waals surface area contributed by atoms with Gasteiger partial charge in [0.25, 0.3) is 5.91 Å². The van der Waals surface area contributed by atoms with Gasteiger partial charge in [0.1, 0.15) is 18.0 Å². The van der Waals surface area contributed by atoms with E-state index in [0.29, 0.717) is 36.8 Å². The van der Waals surface area contributed by atoms with Gasteiger partial charge >= 0.3 is 5.97 Å². The maximum Gasteiger partial charge on any atom is 0.306 e. The van der Waals surface area contributed by atoms with Crippen LogP contribution in [0.1, 0.15) is 62.6 Å². The summed E-state index contributed by atoms with van der Waals surface area (Å²) in [5, 5.41) is 8.97. The highest BCUT2D eigenvalue weighted by Crippen LogP contribution is 2.29. The Balaban J connectivity index is 1.49. The molecule has 228 valence electrons. The molecule has 3 aromatic carbocycles. The zero-order valence-electron chi connectivity index (χ0n) is 25.0. The standard InChI is InChI=1S/C34H41N3O6/c1-33(2,3)43-30(39)19-20-34(24-42-31(36-34)27-15-17-28(18-16-27)41-22-10-21-38)32(40)37-35-23-29(25-11-6-4-7-12-25)26-13-8-5-9-14-26/h4-9,11-18,29,35,38H,10,19-24H2,1-3H3,(H,37,40)/t34-/m0/s1. The Labute approximate surface area is 253 Å². The van der Waals surface area contributed by atoms with E-state index in [1.807, 2.05) is 36.4 Å². The van der Waals surface area contributed by atoms with Gasteiger partial charge in [0.05, 0.1) is 6.61 Å². The fraction of sp³-hybridized carbons (Fsp3) is 0.382. The summed E-state index contributed by atoms with van der Waals surface area (Å²) in [6, 6.07) is 27.4. The fourth-order valence-electron chi connectivity index (χ4n) is 4.75. The Morgan fingerprint density at radius 3 is 2.19 bits per heavy atom. The minimum Gasteiger partial charge on any atom is -0.494 e. The number of aliphatic hydroxyl groups excluding tert-OH is 1. The molecule has 1 aliphatic heterocycles. The van der Waals surface area contributed by atoms with Crippen LogP contribution in [0.3, 0.4) is 0 Å². The number of rotatable bonds is 14. The number of benzene rings is 3. The summed E-state index contributed by atoms with van der Waals surface area (Å²) in [7, 11) is 0. The molecule has 9 nitrogen and oxygen atoms in total. The third-order valence-electron chi connectivity index (χ3n) is 6.93. The number of carbonyl (C=O) groups excluding carboxylic acids is 2. The summed E-state index contributed by atoms with van der Waals surface area (Å²) in [5.74, 6) is 0.161. The summed E-state index contributed by atoms with van der Waals surface area (Å²) >= 11 is 0. The minimum absolute atomic E-state index is 0.000872. The average Bonchev–Trinajstić information content (AvgIpc) is 3.45. The zero-order chi connectivity index (χ0) is 30.7. The number of aliphatic imine (C=N–C) groups is 1. The van der Waals surface area contributed by atoms with Gasteiger partial charge in [-0.05, 0) is 62.6 Å². The van der Waals surface area contributed by atoms with Crippen molar-refractivity contribution >= 4 is 17.8 Å². The van der Waals surface area contributed by atoms with Crippen LogP contribution in [0.5, 0.6) is 5.75 Å². The maximum absolute atomic E-state index is 13.7. The molecule has 1 heterocycles. The number of nitrogens with one attached hydrogen (secondary N) is 2. The molecular formula is C34H41N3O6. The molecule has 0 fully saturated rings. The number of nitrogens with zero attached hydrogens (tertiary/aromatic N) is 1. The van der Waals surface area contributed by atoms with Gasteiger partial charge in [-0.25, -0.2) is 10.4 Å². The maximum atomic E-state index is 13.7. The van der Waals surface area contributed by atoms with Crippen LogP contribution in [0.2, 0.25) is 0 Å². The van der Waals surface area contributed by atoms with E-state index in [0.717, 1.165) is 11.1 Å². The lowest BCUT2D eigenvalue weighted by molar-refractivity contribution is -0.155. The smallest absolute Gasteiger partial charge is 0.306 e. The van der Waals surface area contributed by atoms with Gasteiger partial charge in [-0.15, -0.1) is 0 Å². The van der Waals surface area contributed by atoms with Gasteiger partial charge in [-0.2, -0.15) is 0 Å². The van der Waals surface area contributed by atoms with E-state index in [2.05, 4.69) is 35.1 Å². The van der Waals surface area contributed by atoms with Crippen LogP contribution in [0.15, 0.2) is 89.9 Å². The van der Waals surface area contributed by atoms with E-state index in [9.17, 15) is 9.59 Å². The molecule has 0 aromatic heterocycles. The van der Waals surface area contributed by atoms with Crippen LogP contribution in [-0.2, 0) is 19.1 Å². The van der Waals surface area contributed by atoms with Gasteiger partial charge in [0.2, 0.25) is 5.90 Å². The molecule has 43 heavy (non-hydrogen) atoms. The van der Waals surface area contributed by atoms with E-state index in [4.69, 9.17) is 24.3 Å². The molecular weight excluding hydrogens is 546 g/mol. The van der Waals surface area contributed by atoms with Crippen LogP contribution in [0, 0.1) is 0 Å². The molecule has 3 N–H and O–H groups in total. The number of aliphatic hydroxyl groups is 1. The Morgan fingerprint density at radius 1 is 0.977 bits per heavy atom. The van der Waals surface area contributed by atoms with Crippen LogP contribution in [0.4, 0.5) is 0 Å². The van der Waals surface area contributed by atoms with Crippen LogP contribution < -0.4 is 15.6 Å². The van der Waals surface area contributed by atoms with Crippen molar-refractivity contribution in [3.8, 4) is 5.75 Å². The summed E-state index contributed by atoms with van der Waals surface area (Å²) in [6.07, 6.45) is 0.652. The van der Waals surface area contributed by atoms with Crippen molar-refractivity contribution in [1.82, 2.24) is 10.9 Å². The van der Waals surface area contributed by atoms with Crippen molar-refractivity contribution in [2.24, 2.45) is 4.99 Å². The Morgan fingerprint density at radius 2 is 1.60 bits per heavy atom. The summed E-state index contributed by atoms with van der Waals surface area (Å²) in [6.45, 7) is 6.30. The van der Waals surface area contributed by atoms with Crippen molar-refractivity contribution in [3.63, 3.8) is 0 Å². The second-order valence-corrected chi connectivity index (χ2v) is 11.5. The molecule has 1 aliphatic rings. The molecule has 1 atom stereocenters. The molecule has 9 heteroatoms. The first-order valence-corrected chi connectivity index (χ1v) is 14.6. The van der Waals surface area contributed by atoms with Crippen molar-refractivity contribution in [2.75, 3.05) is 26.4 Å². The van der Waals surface area contributed by atoms with Gasteiger partial charge < -0.3 is 19.3 Å². The number of amides is 1. The number of hydrazine groups is 1. The van der Waals surface area contributed by atoms with Gasteiger partial charge in [-0.1, -0.05) is 60.7 Å². The number of hydrogen-bond acceptors (Lipinski definition) is 8. The van der Waals surface area contributed by atoms with Crippen molar-refractivity contribution in [1.29, 1.82) is 0 Å². The lowest BCUT2D eigenvalue weighted by Gasteiger charge is -2.25. The first kappa shape index (κ1) is 31.7. The molecule has 0 saturated carbocycles. The molecule has 0 aliphatic carbocycles. The Kier molecular flexibility index (Phi) is 10.9. The normalized spacial score (nSPS) is 16.3. The van der Waals surface area contributed by atoms with Crippen molar-refractivity contribution < 1.29 is 28.9 Å². The quantitative estimate of drug-likeness (QED) is 0.144. The molecule has 0 saturated heterocycles. The van der Waals surface area contributed by atoms with Gasteiger partial charge in [-0.3, -0.25) is 15.0 Å². The molecule has 0 bridgehead atoms. The average molecular weight is 588 g/mol. The summed E-state index contributed by atoms with van der Waals surface area (Å²) in [4.78, 5) is 31.1. The van der Waals surface area contributed by atoms with Crippen LogP contribution in [-0.4, -0.2) is 60.4 Å². The third-order valence-corrected chi connectivity index (χ3v) is 6.93. The van der Waals surface area contributed by atoms with E-state index in [1.54, 1.807) is 45.0 Å². The van der Waals surface area contributed by atoms with E-state index in [1.165, 1.54) is 0 Å². The second-order valence-electron chi connectivity index (χ2n) is 11.5. The monoisotopic (exact) mass is 587 g/mol. The molecule has 0 radical (unpaired) electrons. The topological polar surface area (TPSA) is 118 Å². The number of hydrogen-bond donors (Lipinski definition) is 3. The highest BCUT2D eigenvalue weighted by Gasteiger charge is 2.45. The van der Waals surface area contributed by atoms with Crippen molar-refractivity contribution in [3.05, 3.63) is 102 Å². The van der Waals surface area contributed by atoms with Crippen LogP contribution >= 0.6 is 0 Å². The minimum atomic E-state index is -1.33. The fourth-order valence-corrected chi connectivity index (χ4v) is 4.75. The zero-order valence-corrected chi connectivity index (χ0v) is 25.0. The van der Waals surface area contributed by atoms with E-state index >= 15 is 0 Å². The third kappa shape index (κ3) is 9.14. The number of esters is 1. The van der Waals surface area contributed by atoms with E-state index < -0.39 is 23.0 Å². The highest BCUT2D eigenvalue weighted by molar-refractivity contribution is 6.00. The second kappa shape index (κ2) is 14.8. The van der Waals surface area contributed by atoms with Gasteiger partial charge in [0.15, 0.2) is 5.54 Å². The molecule has 0 unspecified atom stereocenters. The van der Waals surface area contributed by atoms with Crippen LogP contribution in [0.25, 0.3) is 0 Å². The highest BCUT2D eigenvalue weighted by atomic mass is 16.6. The molecule has 4 rings (SSSR count). The lowest BCUT2D eigenvalue weighted by atomic mass is 9.91. The van der Waals surface area contributed by atoms with Gasteiger partial charge in [0, 0.05) is 37.5 Å². The molecule has 1 amide bonds. The predicted molar refractivity (Wildman–Crippen MR) is 165 cm³/mol. The SMILES string of the molecule is CC(C)(C)OC(=O)CC[C@@]1(C(=O)NNCC(c2ccccc2)c2ccccc2)COC(c2ccc(OCCCO)cc2)=N1. The number of ether oxygens (including phenoxy) is 3. The first-order chi connectivity index (χ1) is 20.7. The predicted octanol–water partition coefficient (Wildman–Crippen LogP) is 4.54. The molecule has 3 aromatic rings. The lowest BCUT2D eigenvalue weighted by Crippen LogP contribution is -2.52. The summed E-state index contributed by atoms with van der Waals surface area (Å²) < 4.78 is 17.1. The Hall–Kier alpha value is -4.21. The Bertz CT molecular complexity index is 1320.